The van der Waals surface area contributed by atoms with Gasteiger partial charge in [0.1, 0.15) is 10.8 Å². The Morgan fingerprint density at radius 1 is 1.04 bits per heavy atom. The fourth-order valence-electron chi connectivity index (χ4n) is 6.57. The van der Waals surface area contributed by atoms with Gasteiger partial charge in [0.25, 0.3) is 5.91 Å². The van der Waals surface area contributed by atoms with Crippen molar-refractivity contribution in [2.75, 3.05) is 31.3 Å². The summed E-state index contributed by atoms with van der Waals surface area (Å²) in [5, 5.41) is 12.2. The van der Waals surface area contributed by atoms with Crippen LogP contribution >= 0.6 is 11.6 Å². The molecule has 13 heteroatoms. The van der Waals surface area contributed by atoms with Gasteiger partial charge in [-0.3, -0.25) is 4.79 Å². The summed E-state index contributed by atoms with van der Waals surface area (Å²) in [7, 11) is -3.35. The molecule has 1 amide bonds. The lowest BCUT2D eigenvalue weighted by molar-refractivity contribution is -0.128. The molecule has 262 valence electrons. The number of aromatic nitrogens is 1. The Balaban J connectivity index is 1.23. The van der Waals surface area contributed by atoms with Crippen LogP contribution in [0.25, 0.3) is 5.57 Å². The van der Waals surface area contributed by atoms with E-state index in [-0.39, 0.29) is 53.5 Å². The number of hydrogen-bond acceptors (Lipinski definition) is 8. The van der Waals surface area contributed by atoms with Gasteiger partial charge in [-0.05, 0) is 79.5 Å². The van der Waals surface area contributed by atoms with E-state index in [9.17, 15) is 22.0 Å². The van der Waals surface area contributed by atoms with Crippen LogP contribution in [0.5, 0.6) is 11.6 Å². The Kier molecular flexibility index (Phi) is 10.9. The molecule has 0 spiro atoms. The standard InChI is InChI=1S/C36H40ClF2N3O6S/c1-22-25(13-14-40-35(22)48-17-3-15-43)19-42(27-9-10-27)36(44)32-28(18-26-20-49(45,46)21-31(32)41-26)24-7-5-23(6-8-24)4-2-16-47-34-30(39)12-11-29(38)33(34)37/h5-8,11-14,26-27,31,41,43H,2-4,9-10,15-21H2,1H3. The molecule has 2 fully saturated rings. The maximum atomic E-state index is 14.6. The van der Waals surface area contributed by atoms with Gasteiger partial charge in [-0.1, -0.05) is 35.9 Å². The first-order valence-electron chi connectivity index (χ1n) is 16.6. The number of carbonyl (C=O) groups is 1. The topological polar surface area (TPSA) is 118 Å². The number of amides is 1. The molecular formula is C36H40ClF2N3O6S. The minimum atomic E-state index is -3.35. The first-order chi connectivity index (χ1) is 23.5. The normalized spacial score (nSPS) is 19.9. The first kappa shape index (κ1) is 35.3. The number of ether oxygens (including phenoxy) is 2. The summed E-state index contributed by atoms with van der Waals surface area (Å²) in [6.07, 6.45) is 5.41. The van der Waals surface area contributed by atoms with Crippen molar-refractivity contribution in [1.82, 2.24) is 15.2 Å². The number of fused-ring (bicyclic) bond motifs is 2. The third-order valence-corrected chi connectivity index (χ3v) is 11.3. The maximum Gasteiger partial charge on any atom is 0.252 e. The minimum Gasteiger partial charge on any atom is -0.489 e. The van der Waals surface area contributed by atoms with Crippen LogP contribution in [0.3, 0.4) is 0 Å². The molecule has 2 bridgehead atoms. The molecule has 49 heavy (non-hydrogen) atoms. The number of halogens is 3. The molecule has 2 aliphatic heterocycles. The van der Waals surface area contributed by atoms with Crippen LogP contribution in [0, 0.1) is 18.6 Å². The Morgan fingerprint density at radius 2 is 1.78 bits per heavy atom. The van der Waals surface area contributed by atoms with Crippen LogP contribution in [0.4, 0.5) is 8.78 Å². The number of benzene rings is 2. The van der Waals surface area contributed by atoms with Crippen LogP contribution in [0.2, 0.25) is 5.02 Å². The van der Waals surface area contributed by atoms with Crippen LogP contribution in [-0.4, -0.2) is 78.8 Å². The fraction of sp³-hybridized carbons (Fsp3) is 0.444. The van der Waals surface area contributed by atoms with Crippen molar-refractivity contribution in [2.45, 2.75) is 70.1 Å². The molecule has 2 aromatic carbocycles. The van der Waals surface area contributed by atoms with E-state index in [1.54, 1.807) is 6.20 Å². The van der Waals surface area contributed by atoms with E-state index in [0.29, 0.717) is 50.3 Å². The summed E-state index contributed by atoms with van der Waals surface area (Å²) < 4.78 is 64.8. The summed E-state index contributed by atoms with van der Waals surface area (Å²) >= 11 is 5.86. The molecule has 2 N–H and O–H groups in total. The number of aryl methyl sites for hydroxylation is 1. The van der Waals surface area contributed by atoms with Crippen molar-refractivity contribution in [3.05, 3.63) is 93.1 Å². The zero-order valence-electron chi connectivity index (χ0n) is 27.3. The van der Waals surface area contributed by atoms with Gasteiger partial charge in [0.05, 0.1) is 30.8 Å². The van der Waals surface area contributed by atoms with Crippen molar-refractivity contribution in [2.24, 2.45) is 0 Å². The van der Waals surface area contributed by atoms with Gasteiger partial charge >= 0.3 is 0 Å². The molecule has 6 rings (SSSR count). The van der Waals surface area contributed by atoms with Gasteiger partial charge in [-0.15, -0.1) is 0 Å². The lowest BCUT2D eigenvalue weighted by atomic mass is 9.85. The summed E-state index contributed by atoms with van der Waals surface area (Å²) in [6.45, 7) is 2.72. The summed E-state index contributed by atoms with van der Waals surface area (Å²) in [5.41, 5.74) is 4.92. The molecule has 2 unspecified atom stereocenters. The van der Waals surface area contributed by atoms with Crippen LogP contribution in [0.15, 0.2) is 54.2 Å². The van der Waals surface area contributed by atoms with E-state index in [4.69, 9.17) is 26.2 Å². The first-order valence-corrected chi connectivity index (χ1v) is 18.8. The predicted molar refractivity (Wildman–Crippen MR) is 182 cm³/mol. The number of sulfone groups is 1. The fourth-order valence-corrected chi connectivity index (χ4v) is 8.51. The highest BCUT2D eigenvalue weighted by Gasteiger charge is 2.44. The Bertz CT molecular complexity index is 1830. The van der Waals surface area contributed by atoms with Gasteiger partial charge in [0, 0.05) is 49.0 Å². The Morgan fingerprint density at radius 3 is 2.51 bits per heavy atom. The smallest absolute Gasteiger partial charge is 0.252 e. The molecule has 0 radical (unpaired) electrons. The monoisotopic (exact) mass is 715 g/mol. The Hall–Kier alpha value is -3.58. The number of aliphatic hydroxyl groups excluding tert-OH is 1. The SMILES string of the molecule is Cc1c(CN(C(=O)C2=C(c3ccc(CCCOc4c(F)ccc(F)c4Cl)cc3)CC3CS(=O)(=O)CC2N3)C2CC2)ccnc1OCCCO. The number of aliphatic hydroxyl groups is 1. The quantitative estimate of drug-likeness (QED) is 0.173. The predicted octanol–water partition coefficient (Wildman–Crippen LogP) is 5.20. The van der Waals surface area contributed by atoms with E-state index in [2.05, 4.69) is 10.3 Å². The molecule has 1 saturated heterocycles. The lowest BCUT2D eigenvalue weighted by Gasteiger charge is -2.40. The number of nitrogens with one attached hydrogen (secondary N) is 1. The van der Waals surface area contributed by atoms with Crippen molar-refractivity contribution >= 4 is 32.9 Å². The highest BCUT2D eigenvalue weighted by atomic mass is 35.5. The third kappa shape index (κ3) is 8.25. The molecule has 3 aliphatic rings. The van der Waals surface area contributed by atoms with E-state index in [1.165, 1.54) is 0 Å². The number of carbonyl (C=O) groups excluding carboxylic acids is 1. The highest BCUT2D eigenvalue weighted by Crippen LogP contribution is 2.38. The maximum absolute atomic E-state index is 14.6. The largest absolute Gasteiger partial charge is 0.489 e. The van der Waals surface area contributed by atoms with E-state index in [1.807, 2.05) is 42.2 Å². The summed E-state index contributed by atoms with van der Waals surface area (Å²) in [5.74, 6) is -1.60. The lowest BCUT2D eigenvalue weighted by Crippen LogP contribution is -2.57. The highest BCUT2D eigenvalue weighted by molar-refractivity contribution is 7.91. The number of hydrogen-bond donors (Lipinski definition) is 2. The molecule has 1 saturated carbocycles. The van der Waals surface area contributed by atoms with Gasteiger partial charge in [0.2, 0.25) is 5.88 Å². The van der Waals surface area contributed by atoms with Crippen molar-refractivity contribution in [1.29, 1.82) is 0 Å². The van der Waals surface area contributed by atoms with E-state index < -0.39 is 27.5 Å². The molecule has 3 aromatic rings. The second kappa shape index (κ2) is 15.1. The van der Waals surface area contributed by atoms with Gasteiger partial charge < -0.3 is 24.8 Å². The van der Waals surface area contributed by atoms with E-state index in [0.717, 1.165) is 52.8 Å². The zero-order valence-corrected chi connectivity index (χ0v) is 28.8. The van der Waals surface area contributed by atoms with Gasteiger partial charge in [0.15, 0.2) is 21.4 Å². The molecular weight excluding hydrogens is 676 g/mol. The second-order valence-corrected chi connectivity index (χ2v) is 15.4. The van der Waals surface area contributed by atoms with Gasteiger partial charge in [-0.2, -0.15) is 0 Å². The molecule has 2 atom stereocenters. The van der Waals surface area contributed by atoms with E-state index >= 15 is 0 Å². The molecule has 1 aliphatic carbocycles. The van der Waals surface area contributed by atoms with Crippen molar-refractivity contribution in [3.63, 3.8) is 0 Å². The van der Waals surface area contributed by atoms with Crippen molar-refractivity contribution < 1.29 is 36.6 Å². The average Bonchev–Trinajstić information content (AvgIpc) is 3.91. The molecule has 3 heterocycles. The number of rotatable bonds is 14. The number of nitrogens with zero attached hydrogens (tertiary/aromatic N) is 2. The third-order valence-electron chi connectivity index (χ3n) is 9.23. The minimum absolute atomic E-state index is 0.0135. The second-order valence-electron chi connectivity index (χ2n) is 12.9. The average molecular weight is 716 g/mol. The van der Waals surface area contributed by atoms with Crippen molar-refractivity contribution in [3.8, 4) is 11.6 Å². The molecule has 9 nitrogen and oxygen atoms in total. The summed E-state index contributed by atoms with van der Waals surface area (Å²) in [6, 6.07) is 10.8. The van der Waals surface area contributed by atoms with Gasteiger partial charge in [-0.25, -0.2) is 22.2 Å². The van der Waals surface area contributed by atoms with Crippen LogP contribution in [0.1, 0.15) is 54.4 Å². The summed E-state index contributed by atoms with van der Waals surface area (Å²) in [4.78, 5) is 20.8. The zero-order chi connectivity index (χ0) is 34.7. The van der Waals surface area contributed by atoms with Crippen LogP contribution < -0.4 is 14.8 Å². The Labute approximate surface area is 290 Å². The molecule has 1 aromatic heterocycles. The number of pyridine rings is 1. The van der Waals surface area contributed by atoms with Crippen LogP contribution in [-0.2, 0) is 27.6 Å².